The van der Waals surface area contributed by atoms with Gasteiger partial charge >= 0.3 is 0 Å². The van der Waals surface area contributed by atoms with Gasteiger partial charge in [0, 0.05) is 28.7 Å². The van der Waals surface area contributed by atoms with E-state index in [0.717, 1.165) is 44.2 Å². The molecule has 0 fully saturated rings. The first-order valence-corrected chi connectivity index (χ1v) is 8.50. The van der Waals surface area contributed by atoms with Gasteiger partial charge in [0.2, 0.25) is 5.89 Å². The van der Waals surface area contributed by atoms with E-state index >= 15 is 0 Å². The minimum atomic E-state index is 0.574. The van der Waals surface area contributed by atoms with Crippen molar-refractivity contribution in [3.63, 3.8) is 0 Å². The van der Waals surface area contributed by atoms with E-state index in [1.54, 1.807) is 12.4 Å². The summed E-state index contributed by atoms with van der Waals surface area (Å²) in [6, 6.07) is 15.6. The molecule has 0 saturated heterocycles. The fourth-order valence-corrected chi connectivity index (χ4v) is 3.23. The summed E-state index contributed by atoms with van der Waals surface area (Å²) in [5, 5.41) is 1.85. The van der Waals surface area contributed by atoms with Gasteiger partial charge in [0.25, 0.3) is 0 Å². The molecule has 3 aromatic heterocycles. The standard InChI is InChI=1S/C21H15N3O2/c1-2-25-14-9-7-13(8-10-14)21-24-19-15-5-3-11-22-17(15)18-16(20(19)26-21)6-4-12-23-18/h3-12H,2H2,1H3. The van der Waals surface area contributed by atoms with Crippen LogP contribution in [0, 0.1) is 0 Å². The van der Waals surface area contributed by atoms with Gasteiger partial charge in [-0.15, -0.1) is 0 Å². The van der Waals surface area contributed by atoms with Gasteiger partial charge in [0.15, 0.2) is 5.58 Å². The Bertz CT molecular complexity index is 1170. The summed E-state index contributed by atoms with van der Waals surface area (Å²) in [6.07, 6.45) is 3.54. The predicted octanol–water partition coefficient (Wildman–Crippen LogP) is 4.99. The quantitative estimate of drug-likeness (QED) is 0.433. The van der Waals surface area contributed by atoms with Crippen LogP contribution in [0.4, 0.5) is 0 Å². The van der Waals surface area contributed by atoms with Crippen LogP contribution in [0.2, 0.25) is 0 Å². The molecule has 5 nitrogen and oxygen atoms in total. The third kappa shape index (κ3) is 2.21. The molecule has 2 aromatic carbocycles. The van der Waals surface area contributed by atoms with Crippen LogP contribution < -0.4 is 4.74 Å². The number of hydrogen-bond donors (Lipinski definition) is 0. The lowest BCUT2D eigenvalue weighted by molar-refractivity contribution is 0.340. The monoisotopic (exact) mass is 341 g/mol. The van der Waals surface area contributed by atoms with E-state index in [2.05, 4.69) is 9.97 Å². The zero-order chi connectivity index (χ0) is 17.5. The molecule has 0 spiro atoms. The number of rotatable bonds is 3. The fraction of sp³-hybridized carbons (Fsp3) is 0.0952. The zero-order valence-electron chi connectivity index (χ0n) is 14.1. The Hall–Kier alpha value is -3.47. The van der Waals surface area contributed by atoms with Crippen molar-refractivity contribution in [3.8, 4) is 17.2 Å². The summed E-state index contributed by atoms with van der Waals surface area (Å²) in [7, 11) is 0. The van der Waals surface area contributed by atoms with Gasteiger partial charge in [0.05, 0.1) is 12.1 Å². The maximum absolute atomic E-state index is 6.16. The highest BCUT2D eigenvalue weighted by Gasteiger charge is 2.17. The van der Waals surface area contributed by atoms with Crippen LogP contribution in [-0.2, 0) is 0 Å². The van der Waals surface area contributed by atoms with Crippen molar-refractivity contribution in [3.05, 3.63) is 60.9 Å². The molecular formula is C21H15N3O2. The Balaban J connectivity index is 1.79. The lowest BCUT2D eigenvalue weighted by Gasteiger charge is -2.02. The second-order valence-electron chi connectivity index (χ2n) is 5.95. The van der Waals surface area contributed by atoms with E-state index in [-0.39, 0.29) is 0 Å². The molecule has 126 valence electrons. The number of pyridine rings is 2. The van der Waals surface area contributed by atoms with E-state index in [1.165, 1.54) is 0 Å². The first-order chi connectivity index (χ1) is 12.8. The van der Waals surface area contributed by atoms with Gasteiger partial charge < -0.3 is 9.15 Å². The minimum Gasteiger partial charge on any atom is -0.494 e. The van der Waals surface area contributed by atoms with Gasteiger partial charge in [0.1, 0.15) is 16.8 Å². The molecule has 3 heterocycles. The van der Waals surface area contributed by atoms with Crippen LogP contribution in [-0.4, -0.2) is 21.6 Å². The van der Waals surface area contributed by atoms with Crippen LogP contribution in [0.15, 0.2) is 65.3 Å². The average molecular weight is 341 g/mol. The summed E-state index contributed by atoms with van der Waals surface area (Å²) in [5.41, 5.74) is 4.10. The van der Waals surface area contributed by atoms with Crippen LogP contribution >= 0.6 is 0 Å². The van der Waals surface area contributed by atoms with Gasteiger partial charge in [-0.2, -0.15) is 0 Å². The molecule has 26 heavy (non-hydrogen) atoms. The highest BCUT2D eigenvalue weighted by Crippen LogP contribution is 2.35. The Morgan fingerprint density at radius 2 is 1.54 bits per heavy atom. The molecule has 0 saturated carbocycles. The van der Waals surface area contributed by atoms with Crippen molar-refractivity contribution in [2.45, 2.75) is 6.92 Å². The highest BCUT2D eigenvalue weighted by molar-refractivity contribution is 6.20. The summed E-state index contributed by atoms with van der Waals surface area (Å²) in [4.78, 5) is 13.8. The second-order valence-corrected chi connectivity index (χ2v) is 5.95. The molecule has 0 unspecified atom stereocenters. The molecule has 5 aromatic rings. The Labute approximate surface area is 149 Å². The first-order valence-electron chi connectivity index (χ1n) is 8.50. The van der Waals surface area contributed by atoms with Crippen molar-refractivity contribution in [2.24, 2.45) is 0 Å². The van der Waals surface area contributed by atoms with Gasteiger partial charge in [-0.25, -0.2) is 4.98 Å². The van der Waals surface area contributed by atoms with Crippen LogP contribution in [0.5, 0.6) is 5.75 Å². The highest BCUT2D eigenvalue weighted by atomic mass is 16.5. The van der Waals surface area contributed by atoms with E-state index in [9.17, 15) is 0 Å². The van der Waals surface area contributed by atoms with Crippen LogP contribution in [0.25, 0.3) is 44.4 Å². The van der Waals surface area contributed by atoms with Crippen molar-refractivity contribution < 1.29 is 9.15 Å². The fourth-order valence-electron chi connectivity index (χ4n) is 3.23. The van der Waals surface area contributed by atoms with Crippen molar-refractivity contribution in [1.82, 2.24) is 15.0 Å². The molecule has 0 aliphatic rings. The largest absolute Gasteiger partial charge is 0.494 e. The van der Waals surface area contributed by atoms with Gasteiger partial charge in [-0.05, 0) is 55.5 Å². The molecule has 0 atom stereocenters. The van der Waals surface area contributed by atoms with E-state index in [4.69, 9.17) is 14.1 Å². The number of benzene rings is 2. The number of aromatic nitrogens is 3. The van der Waals surface area contributed by atoms with Gasteiger partial charge in [-0.3, -0.25) is 9.97 Å². The van der Waals surface area contributed by atoms with Crippen LogP contribution in [0.3, 0.4) is 0 Å². The molecule has 0 radical (unpaired) electrons. The summed E-state index contributed by atoms with van der Waals surface area (Å²) in [5.74, 6) is 1.40. The number of nitrogens with zero attached hydrogens (tertiary/aromatic N) is 3. The topological polar surface area (TPSA) is 61.0 Å². The Morgan fingerprint density at radius 3 is 2.27 bits per heavy atom. The summed E-state index contributed by atoms with van der Waals surface area (Å²) < 4.78 is 11.7. The summed E-state index contributed by atoms with van der Waals surface area (Å²) in [6.45, 7) is 2.60. The predicted molar refractivity (Wildman–Crippen MR) is 101 cm³/mol. The lowest BCUT2D eigenvalue weighted by atomic mass is 10.1. The number of hydrogen-bond acceptors (Lipinski definition) is 5. The molecule has 0 N–H and O–H groups in total. The minimum absolute atomic E-state index is 0.574. The van der Waals surface area contributed by atoms with E-state index in [0.29, 0.717) is 12.5 Å². The average Bonchev–Trinajstić information content (AvgIpc) is 3.15. The third-order valence-electron chi connectivity index (χ3n) is 4.38. The molecule has 0 bridgehead atoms. The first kappa shape index (κ1) is 14.8. The summed E-state index contributed by atoms with van der Waals surface area (Å²) >= 11 is 0. The van der Waals surface area contributed by atoms with Crippen molar-refractivity contribution in [1.29, 1.82) is 0 Å². The Kier molecular flexibility index (Phi) is 3.31. The lowest BCUT2D eigenvalue weighted by Crippen LogP contribution is -1.90. The van der Waals surface area contributed by atoms with E-state index < -0.39 is 0 Å². The normalized spacial score (nSPS) is 11.4. The second kappa shape index (κ2) is 5.81. The SMILES string of the molecule is CCOc1ccc(-c2nc3c4cccnc4c4ncccc4c3o2)cc1. The van der Waals surface area contributed by atoms with Crippen LogP contribution in [0.1, 0.15) is 6.92 Å². The smallest absolute Gasteiger partial charge is 0.227 e. The molecular weight excluding hydrogens is 326 g/mol. The number of oxazole rings is 1. The van der Waals surface area contributed by atoms with Crippen molar-refractivity contribution in [2.75, 3.05) is 6.61 Å². The third-order valence-corrected chi connectivity index (χ3v) is 4.38. The van der Waals surface area contributed by atoms with E-state index in [1.807, 2.05) is 55.5 Å². The molecule has 0 amide bonds. The molecule has 5 heteroatoms. The van der Waals surface area contributed by atoms with Crippen molar-refractivity contribution >= 4 is 32.9 Å². The number of ether oxygens (including phenoxy) is 1. The maximum Gasteiger partial charge on any atom is 0.227 e. The van der Waals surface area contributed by atoms with Gasteiger partial charge in [-0.1, -0.05) is 0 Å². The Morgan fingerprint density at radius 1 is 0.846 bits per heavy atom. The maximum atomic E-state index is 6.16. The molecule has 0 aliphatic heterocycles. The zero-order valence-corrected chi connectivity index (χ0v) is 14.1. The molecule has 5 rings (SSSR count). The molecule has 0 aliphatic carbocycles. The number of fused-ring (bicyclic) bond motifs is 6.